The topological polar surface area (TPSA) is 27.7 Å². The first kappa shape index (κ1) is 12.5. The third-order valence-electron chi connectivity index (χ3n) is 4.68. The highest BCUT2D eigenvalue weighted by Crippen LogP contribution is 2.53. The van der Waals surface area contributed by atoms with Crippen molar-refractivity contribution in [2.45, 2.75) is 51.4 Å². The molecule has 1 saturated heterocycles. The molecule has 1 aliphatic heterocycles. The zero-order valence-corrected chi connectivity index (χ0v) is 11.5. The fraction of sp³-hybridized carbons (Fsp3) is 0.867. The van der Waals surface area contributed by atoms with Gasteiger partial charge in [-0.05, 0) is 24.7 Å². The molecule has 2 saturated carbocycles. The van der Waals surface area contributed by atoms with Crippen LogP contribution in [0.3, 0.4) is 0 Å². The van der Waals surface area contributed by atoms with Crippen molar-refractivity contribution in [2.24, 2.45) is 17.3 Å². The Morgan fingerprint density at radius 2 is 1.67 bits per heavy atom. The van der Waals surface area contributed by atoms with E-state index >= 15 is 0 Å². The van der Waals surface area contributed by atoms with Crippen LogP contribution in [-0.2, 0) is 14.2 Å². The summed E-state index contributed by atoms with van der Waals surface area (Å²) in [5.74, 6) is 1.14. The Balaban J connectivity index is 1.60. The second-order valence-corrected chi connectivity index (χ2v) is 6.98. The normalized spacial score (nSPS) is 40.7. The SMILES string of the molecule is C=CO[C@@H]1C[C@@H]2CC3(C[C@@H]2C1)OCC(C)(C)CO3. The summed E-state index contributed by atoms with van der Waals surface area (Å²) in [6.07, 6.45) is 6.31. The summed E-state index contributed by atoms with van der Waals surface area (Å²) in [6, 6.07) is 0. The molecular formula is C15H24O3. The molecule has 0 radical (unpaired) electrons. The maximum absolute atomic E-state index is 6.09. The Morgan fingerprint density at radius 1 is 1.11 bits per heavy atom. The number of hydrogen-bond donors (Lipinski definition) is 0. The quantitative estimate of drug-likeness (QED) is 0.707. The van der Waals surface area contributed by atoms with E-state index in [9.17, 15) is 0 Å². The molecule has 102 valence electrons. The lowest BCUT2D eigenvalue weighted by atomic mass is 9.94. The van der Waals surface area contributed by atoms with Crippen LogP contribution in [0.2, 0.25) is 0 Å². The van der Waals surface area contributed by atoms with Crippen LogP contribution >= 0.6 is 0 Å². The number of rotatable bonds is 2. The largest absolute Gasteiger partial charge is 0.499 e. The van der Waals surface area contributed by atoms with E-state index < -0.39 is 0 Å². The first-order valence-corrected chi connectivity index (χ1v) is 7.06. The van der Waals surface area contributed by atoms with Gasteiger partial charge in [0.2, 0.25) is 0 Å². The summed E-state index contributed by atoms with van der Waals surface area (Å²) in [4.78, 5) is 0. The standard InChI is InChI=1S/C15H24O3/c1-4-16-13-5-11-7-15(8-12(11)6-13)17-9-14(2,3)10-18-15/h4,11-13H,1,5-10H2,2-3H3/t11-,12+,13-. The molecule has 2 aliphatic carbocycles. The van der Waals surface area contributed by atoms with Crippen molar-refractivity contribution in [1.82, 2.24) is 0 Å². The fourth-order valence-electron chi connectivity index (χ4n) is 3.76. The zero-order valence-electron chi connectivity index (χ0n) is 11.5. The van der Waals surface area contributed by atoms with E-state index in [1.165, 1.54) is 0 Å². The Kier molecular flexibility index (Phi) is 2.94. The van der Waals surface area contributed by atoms with Crippen molar-refractivity contribution in [3.8, 4) is 0 Å². The first-order chi connectivity index (χ1) is 8.52. The molecule has 0 N–H and O–H groups in total. The predicted octanol–water partition coefficient (Wildman–Crippen LogP) is 3.10. The van der Waals surface area contributed by atoms with E-state index in [2.05, 4.69) is 20.4 Å². The Labute approximate surface area is 109 Å². The molecule has 0 aromatic carbocycles. The number of fused-ring (bicyclic) bond motifs is 1. The average Bonchev–Trinajstić information content (AvgIpc) is 2.79. The fourth-order valence-corrected chi connectivity index (χ4v) is 3.76. The van der Waals surface area contributed by atoms with Crippen LogP contribution < -0.4 is 0 Å². The van der Waals surface area contributed by atoms with Gasteiger partial charge in [0.05, 0.1) is 25.6 Å². The van der Waals surface area contributed by atoms with Crippen molar-refractivity contribution in [2.75, 3.05) is 13.2 Å². The smallest absolute Gasteiger partial charge is 0.168 e. The number of ether oxygens (including phenoxy) is 3. The summed E-state index contributed by atoms with van der Waals surface area (Å²) >= 11 is 0. The molecule has 3 nitrogen and oxygen atoms in total. The molecule has 0 aromatic heterocycles. The van der Waals surface area contributed by atoms with Gasteiger partial charge in [-0.15, -0.1) is 0 Å². The van der Waals surface area contributed by atoms with Gasteiger partial charge >= 0.3 is 0 Å². The minimum absolute atomic E-state index is 0.164. The summed E-state index contributed by atoms with van der Waals surface area (Å²) in [5, 5.41) is 0. The lowest BCUT2D eigenvalue weighted by molar-refractivity contribution is -0.297. The van der Waals surface area contributed by atoms with E-state index in [1.54, 1.807) is 6.26 Å². The van der Waals surface area contributed by atoms with Gasteiger partial charge in [-0.2, -0.15) is 0 Å². The van der Waals surface area contributed by atoms with Gasteiger partial charge in [-0.3, -0.25) is 0 Å². The van der Waals surface area contributed by atoms with Gasteiger partial charge < -0.3 is 14.2 Å². The second kappa shape index (κ2) is 4.24. The molecule has 3 heteroatoms. The van der Waals surface area contributed by atoms with Crippen molar-refractivity contribution >= 4 is 0 Å². The highest BCUT2D eigenvalue weighted by Gasteiger charge is 2.53. The lowest BCUT2D eigenvalue weighted by Gasteiger charge is -2.42. The second-order valence-electron chi connectivity index (χ2n) is 6.98. The molecule has 3 aliphatic rings. The van der Waals surface area contributed by atoms with Crippen LogP contribution in [0.15, 0.2) is 12.8 Å². The third-order valence-corrected chi connectivity index (χ3v) is 4.68. The van der Waals surface area contributed by atoms with Crippen LogP contribution in [0.1, 0.15) is 39.5 Å². The molecule has 0 amide bonds. The summed E-state index contributed by atoms with van der Waals surface area (Å²) in [5.41, 5.74) is 0.164. The average molecular weight is 252 g/mol. The Hall–Kier alpha value is -0.540. The van der Waals surface area contributed by atoms with E-state index in [-0.39, 0.29) is 11.2 Å². The zero-order chi connectivity index (χ0) is 12.8. The van der Waals surface area contributed by atoms with Crippen LogP contribution in [-0.4, -0.2) is 25.1 Å². The van der Waals surface area contributed by atoms with Crippen molar-refractivity contribution in [1.29, 1.82) is 0 Å². The lowest BCUT2D eigenvalue weighted by Crippen LogP contribution is -2.46. The molecular weight excluding hydrogens is 228 g/mol. The molecule has 1 spiro atoms. The van der Waals surface area contributed by atoms with Gasteiger partial charge in [-0.25, -0.2) is 0 Å². The van der Waals surface area contributed by atoms with Gasteiger partial charge in [0.25, 0.3) is 0 Å². The van der Waals surface area contributed by atoms with E-state index in [0.717, 1.165) is 38.9 Å². The van der Waals surface area contributed by atoms with E-state index in [0.29, 0.717) is 17.9 Å². The molecule has 0 bridgehead atoms. The highest BCUT2D eigenvalue weighted by atomic mass is 16.7. The summed E-state index contributed by atoms with van der Waals surface area (Å²) in [6.45, 7) is 9.68. The van der Waals surface area contributed by atoms with Crippen molar-refractivity contribution in [3.05, 3.63) is 12.8 Å². The highest BCUT2D eigenvalue weighted by molar-refractivity contribution is 4.98. The predicted molar refractivity (Wildman–Crippen MR) is 68.9 cm³/mol. The molecule has 18 heavy (non-hydrogen) atoms. The first-order valence-electron chi connectivity index (χ1n) is 7.06. The Morgan fingerprint density at radius 3 is 2.17 bits per heavy atom. The molecule has 3 fully saturated rings. The maximum Gasteiger partial charge on any atom is 0.168 e. The van der Waals surface area contributed by atoms with Crippen LogP contribution in [0.5, 0.6) is 0 Å². The van der Waals surface area contributed by atoms with Crippen LogP contribution in [0, 0.1) is 17.3 Å². The minimum atomic E-state index is -0.274. The monoisotopic (exact) mass is 252 g/mol. The van der Waals surface area contributed by atoms with Gasteiger partial charge in [0, 0.05) is 18.3 Å². The molecule has 3 atom stereocenters. The van der Waals surface area contributed by atoms with Gasteiger partial charge in [0.15, 0.2) is 5.79 Å². The van der Waals surface area contributed by atoms with E-state index in [4.69, 9.17) is 14.2 Å². The minimum Gasteiger partial charge on any atom is -0.499 e. The Bertz CT molecular complexity index is 311. The molecule has 1 heterocycles. The molecule has 3 rings (SSSR count). The molecule has 0 unspecified atom stereocenters. The van der Waals surface area contributed by atoms with Crippen LogP contribution in [0.4, 0.5) is 0 Å². The van der Waals surface area contributed by atoms with Crippen molar-refractivity contribution in [3.63, 3.8) is 0 Å². The van der Waals surface area contributed by atoms with Crippen LogP contribution in [0.25, 0.3) is 0 Å². The summed E-state index contributed by atoms with van der Waals surface area (Å²) < 4.78 is 17.7. The third kappa shape index (κ3) is 2.19. The van der Waals surface area contributed by atoms with Crippen molar-refractivity contribution < 1.29 is 14.2 Å². The molecule has 0 aromatic rings. The van der Waals surface area contributed by atoms with Gasteiger partial charge in [-0.1, -0.05) is 20.4 Å². The van der Waals surface area contributed by atoms with E-state index in [1.807, 2.05) is 0 Å². The van der Waals surface area contributed by atoms with Gasteiger partial charge in [0.1, 0.15) is 0 Å². The summed E-state index contributed by atoms with van der Waals surface area (Å²) in [7, 11) is 0. The number of hydrogen-bond acceptors (Lipinski definition) is 3. The maximum atomic E-state index is 6.09.